The second-order valence-electron chi connectivity index (χ2n) is 4.72. The zero-order valence-electron chi connectivity index (χ0n) is 11.7. The summed E-state index contributed by atoms with van der Waals surface area (Å²) in [4.78, 5) is 4.79. The van der Waals surface area contributed by atoms with Gasteiger partial charge in [0.2, 0.25) is 0 Å². The van der Waals surface area contributed by atoms with Crippen molar-refractivity contribution >= 4 is 26.7 Å². The fourth-order valence-electron chi connectivity index (χ4n) is 2.45. The molecule has 0 unspecified atom stereocenters. The standard InChI is InChI=1S/C17H14BrN.H3N/c1-11-15-5-3-4-6-16(15)12(2)19-17(11)13-7-9-14(18)10-8-13;/h3-10H,1-2H3;1H3. The van der Waals surface area contributed by atoms with Gasteiger partial charge in [0, 0.05) is 21.1 Å². The summed E-state index contributed by atoms with van der Waals surface area (Å²) in [5, 5.41) is 2.52. The monoisotopic (exact) mass is 328 g/mol. The van der Waals surface area contributed by atoms with Crippen LogP contribution in [0.1, 0.15) is 11.3 Å². The van der Waals surface area contributed by atoms with Crippen molar-refractivity contribution in [2.45, 2.75) is 13.8 Å². The number of nitrogens with zero attached hydrogens (tertiary/aromatic N) is 1. The van der Waals surface area contributed by atoms with Crippen molar-refractivity contribution in [1.29, 1.82) is 0 Å². The van der Waals surface area contributed by atoms with Gasteiger partial charge in [-0.2, -0.15) is 0 Å². The van der Waals surface area contributed by atoms with Crippen LogP contribution in [0.5, 0.6) is 0 Å². The third kappa shape index (κ3) is 2.47. The maximum absolute atomic E-state index is 4.79. The van der Waals surface area contributed by atoms with Crippen LogP contribution in [0.15, 0.2) is 53.0 Å². The first-order valence-corrected chi connectivity index (χ1v) is 7.08. The highest BCUT2D eigenvalue weighted by atomic mass is 79.9. The van der Waals surface area contributed by atoms with Crippen molar-refractivity contribution in [1.82, 2.24) is 11.1 Å². The summed E-state index contributed by atoms with van der Waals surface area (Å²) in [7, 11) is 0. The highest BCUT2D eigenvalue weighted by Gasteiger charge is 2.09. The molecule has 0 aliphatic heterocycles. The fourth-order valence-corrected chi connectivity index (χ4v) is 2.72. The molecule has 1 heterocycles. The number of aryl methyl sites for hydroxylation is 2. The van der Waals surface area contributed by atoms with E-state index >= 15 is 0 Å². The van der Waals surface area contributed by atoms with Gasteiger partial charge in [0.15, 0.2) is 0 Å². The molecule has 0 fully saturated rings. The topological polar surface area (TPSA) is 47.9 Å². The van der Waals surface area contributed by atoms with Crippen molar-refractivity contribution in [3.63, 3.8) is 0 Å². The Kier molecular flexibility index (Phi) is 4.21. The molecule has 0 bridgehead atoms. The Bertz CT molecular complexity index is 749. The molecule has 3 heteroatoms. The molecule has 3 rings (SSSR count). The maximum atomic E-state index is 4.79. The quantitative estimate of drug-likeness (QED) is 0.646. The third-order valence-corrected chi connectivity index (χ3v) is 4.00. The Hall–Kier alpha value is -1.71. The molecule has 0 atom stereocenters. The molecule has 0 saturated heterocycles. The number of pyridine rings is 1. The van der Waals surface area contributed by atoms with E-state index in [1.807, 2.05) is 0 Å². The van der Waals surface area contributed by atoms with E-state index in [2.05, 4.69) is 78.3 Å². The van der Waals surface area contributed by atoms with Gasteiger partial charge in [-0.05, 0) is 36.9 Å². The maximum Gasteiger partial charge on any atom is 0.0740 e. The lowest BCUT2D eigenvalue weighted by Crippen LogP contribution is -1.94. The van der Waals surface area contributed by atoms with Crippen molar-refractivity contribution in [3.05, 3.63) is 64.3 Å². The second-order valence-corrected chi connectivity index (χ2v) is 5.64. The summed E-state index contributed by atoms with van der Waals surface area (Å²) < 4.78 is 1.09. The van der Waals surface area contributed by atoms with E-state index in [-0.39, 0.29) is 6.15 Å². The molecule has 3 aromatic rings. The normalized spacial score (nSPS) is 10.3. The predicted molar refractivity (Wildman–Crippen MR) is 89.4 cm³/mol. The smallest absolute Gasteiger partial charge is 0.0740 e. The molecule has 0 saturated carbocycles. The number of halogens is 1. The molecule has 1 aromatic heterocycles. The molecule has 2 aromatic carbocycles. The van der Waals surface area contributed by atoms with E-state index in [0.717, 1.165) is 21.4 Å². The zero-order chi connectivity index (χ0) is 13.4. The molecule has 2 nitrogen and oxygen atoms in total. The molecule has 3 N–H and O–H groups in total. The third-order valence-electron chi connectivity index (χ3n) is 3.47. The number of fused-ring (bicyclic) bond motifs is 1. The summed E-state index contributed by atoms with van der Waals surface area (Å²) >= 11 is 3.47. The van der Waals surface area contributed by atoms with Crippen LogP contribution in [0, 0.1) is 13.8 Å². The van der Waals surface area contributed by atoms with Crippen LogP contribution < -0.4 is 6.15 Å². The molecule has 0 aliphatic carbocycles. The number of rotatable bonds is 1. The first-order valence-electron chi connectivity index (χ1n) is 6.28. The molecule has 0 radical (unpaired) electrons. The lowest BCUT2D eigenvalue weighted by Gasteiger charge is -2.11. The van der Waals surface area contributed by atoms with E-state index in [4.69, 9.17) is 4.98 Å². The van der Waals surface area contributed by atoms with E-state index in [1.54, 1.807) is 0 Å². The van der Waals surface area contributed by atoms with Crippen LogP contribution in [-0.4, -0.2) is 4.98 Å². The Labute approximate surface area is 127 Å². The number of aromatic nitrogens is 1. The van der Waals surface area contributed by atoms with E-state index in [9.17, 15) is 0 Å². The fraction of sp³-hybridized carbons (Fsp3) is 0.118. The molecular weight excluding hydrogens is 312 g/mol. The number of benzene rings is 2. The number of hydrogen-bond donors (Lipinski definition) is 1. The molecule has 102 valence electrons. The minimum absolute atomic E-state index is 0. The van der Waals surface area contributed by atoms with Crippen LogP contribution in [0.3, 0.4) is 0 Å². The Morgan fingerprint density at radius 3 is 2.10 bits per heavy atom. The van der Waals surface area contributed by atoms with Gasteiger partial charge in [-0.1, -0.05) is 52.3 Å². The average Bonchev–Trinajstić information content (AvgIpc) is 2.44. The first-order chi connectivity index (χ1) is 9.16. The van der Waals surface area contributed by atoms with Crippen LogP contribution in [0.4, 0.5) is 0 Å². The molecule has 0 aliphatic rings. The molecule has 0 amide bonds. The zero-order valence-corrected chi connectivity index (χ0v) is 13.2. The average molecular weight is 329 g/mol. The number of hydrogen-bond acceptors (Lipinski definition) is 2. The van der Waals surface area contributed by atoms with Crippen molar-refractivity contribution < 1.29 is 0 Å². The van der Waals surface area contributed by atoms with Crippen LogP contribution in [0.25, 0.3) is 22.0 Å². The van der Waals surface area contributed by atoms with E-state index in [1.165, 1.54) is 16.3 Å². The summed E-state index contributed by atoms with van der Waals surface area (Å²) in [5.74, 6) is 0. The molecule has 20 heavy (non-hydrogen) atoms. The lowest BCUT2D eigenvalue weighted by atomic mass is 9.99. The van der Waals surface area contributed by atoms with Gasteiger partial charge in [-0.3, -0.25) is 4.98 Å². The minimum atomic E-state index is 0. The summed E-state index contributed by atoms with van der Waals surface area (Å²) in [6.07, 6.45) is 0. The highest BCUT2D eigenvalue weighted by molar-refractivity contribution is 9.10. The van der Waals surface area contributed by atoms with Crippen molar-refractivity contribution in [2.24, 2.45) is 0 Å². The van der Waals surface area contributed by atoms with E-state index < -0.39 is 0 Å². The van der Waals surface area contributed by atoms with Crippen molar-refractivity contribution in [3.8, 4) is 11.3 Å². The van der Waals surface area contributed by atoms with Gasteiger partial charge in [0.05, 0.1) is 5.69 Å². The second kappa shape index (κ2) is 5.73. The van der Waals surface area contributed by atoms with Crippen molar-refractivity contribution in [2.75, 3.05) is 0 Å². The lowest BCUT2D eigenvalue weighted by molar-refractivity contribution is 1.21. The summed E-state index contributed by atoms with van der Waals surface area (Å²) in [6.45, 7) is 4.22. The largest absolute Gasteiger partial charge is 0.344 e. The highest BCUT2D eigenvalue weighted by Crippen LogP contribution is 2.30. The van der Waals surface area contributed by atoms with Gasteiger partial charge >= 0.3 is 0 Å². The summed E-state index contributed by atoms with van der Waals surface area (Å²) in [5.41, 5.74) is 4.56. The van der Waals surface area contributed by atoms with Gasteiger partial charge in [0.25, 0.3) is 0 Å². The predicted octanol–water partition coefficient (Wildman–Crippen LogP) is 5.44. The minimum Gasteiger partial charge on any atom is -0.344 e. The molecular formula is C17H17BrN2. The van der Waals surface area contributed by atoms with Crippen LogP contribution >= 0.6 is 15.9 Å². The Balaban J connectivity index is 0.00000147. The van der Waals surface area contributed by atoms with Gasteiger partial charge in [-0.15, -0.1) is 0 Å². The Morgan fingerprint density at radius 2 is 1.45 bits per heavy atom. The molecule has 0 spiro atoms. The first kappa shape index (κ1) is 14.7. The van der Waals surface area contributed by atoms with Gasteiger partial charge < -0.3 is 6.15 Å². The van der Waals surface area contributed by atoms with Crippen LogP contribution in [-0.2, 0) is 0 Å². The Morgan fingerprint density at radius 1 is 0.850 bits per heavy atom. The summed E-state index contributed by atoms with van der Waals surface area (Å²) in [6, 6.07) is 16.8. The van der Waals surface area contributed by atoms with Gasteiger partial charge in [-0.25, -0.2) is 0 Å². The van der Waals surface area contributed by atoms with E-state index in [0.29, 0.717) is 0 Å². The van der Waals surface area contributed by atoms with Crippen LogP contribution in [0.2, 0.25) is 0 Å². The SMILES string of the molecule is Cc1nc(-c2ccc(Br)cc2)c(C)c2ccccc12.N. The van der Waals surface area contributed by atoms with Gasteiger partial charge in [0.1, 0.15) is 0 Å².